The number of benzene rings is 2. The molecule has 1 fully saturated rings. The van der Waals surface area contributed by atoms with Gasteiger partial charge in [0.05, 0.1) is 45.0 Å². The van der Waals surface area contributed by atoms with E-state index in [9.17, 15) is 19.2 Å². The predicted molar refractivity (Wildman–Crippen MR) is 142 cm³/mol. The molecule has 3 atom stereocenters. The fourth-order valence-corrected chi connectivity index (χ4v) is 6.07. The van der Waals surface area contributed by atoms with Crippen LogP contribution in [0.2, 0.25) is 0 Å². The van der Waals surface area contributed by atoms with E-state index in [0.29, 0.717) is 0 Å². The maximum Gasteiger partial charge on any atom is 0.357 e. The lowest BCUT2D eigenvalue weighted by molar-refractivity contribution is -0.150. The Morgan fingerprint density at radius 2 is 1.60 bits per heavy atom. The van der Waals surface area contributed by atoms with Gasteiger partial charge in [-0.1, -0.05) is 48.5 Å². The summed E-state index contributed by atoms with van der Waals surface area (Å²) < 4.78 is 20.9. The maximum atomic E-state index is 13.8. The highest BCUT2D eigenvalue weighted by atomic mass is 16.5. The zero-order valence-corrected chi connectivity index (χ0v) is 22.6. The zero-order valence-electron chi connectivity index (χ0n) is 22.6. The molecule has 208 valence electrons. The minimum absolute atomic E-state index is 0.0185. The second-order valence-electron chi connectivity index (χ2n) is 9.67. The number of anilines is 1. The van der Waals surface area contributed by atoms with Gasteiger partial charge in [0.1, 0.15) is 18.5 Å². The van der Waals surface area contributed by atoms with Crippen LogP contribution in [0.1, 0.15) is 17.5 Å². The summed E-state index contributed by atoms with van der Waals surface area (Å²) in [4.78, 5) is 60.9. The van der Waals surface area contributed by atoms with Gasteiger partial charge in [-0.25, -0.2) is 19.4 Å². The van der Waals surface area contributed by atoms with Crippen molar-refractivity contribution in [2.75, 3.05) is 39.9 Å². The number of nitrogens with zero attached hydrogens (tertiary/aromatic N) is 3. The Morgan fingerprint density at radius 1 is 0.925 bits per heavy atom. The molecule has 40 heavy (non-hydrogen) atoms. The molecule has 3 aliphatic heterocycles. The molecule has 5 rings (SSSR count). The van der Waals surface area contributed by atoms with Crippen LogP contribution in [0.4, 0.5) is 5.69 Å². The van der Waals surface area contributed by atoms with Gasteiger partial charge in [0, 0.05) is 12.7 Å². The van der Waals surface area contributed by atoms with Crippen LogP contribution in [-0.4, -0.2) is 81.6 Å². The number of carbonyl (C=O) groups is 4. The highest BCUT2D eigenvalue weighted by Gasteiger charge is 2.67. The number of esters is 3. The van der Waals surface area contributed by atoms with Crippen molar-refractivity contribution < 1.29 is 38.1 Å². The Bertz CT molecular complexity index is 1440. The van der Waals surface area contributed by atoms with Crippen molar-refractivity contribution >= 4 is 35.3 Å². The Morgan fingerprint density at radius 3 is 2.27 bits per heavy atom. The van der Waals surface area contributed by atoms with Gasteiger partial charge in [-0.2, -0.15) is 0 Å². The topological polar surface area (TPSA) is 124 Å². The fraction of sp³-hybridized carbons (Fsp3) is 0.345. The number of para-hydroxylation sites is 1. The Kier molecular flexibility index (Phi) is 7.16. The van der Waals surface area contributed by atoms with E-state index in [1.54, 1.807) is 7.05 Å². The molecular weight excluding hydrogens is 518 g/mol. The maximum absolute atomic E-state index is 13.8. The summed E-state index contributed by atoms with van der Waals surface area (Å²) in [5.74, 6) is -2.70. The van der Waals surface area contributed by atoms with Gasteiger partial charge in [-0.3, -0.25) is 9.69 Å². The molecule has 0 N–H and O–H groups in total. The number of aliphatic imine (C=N–C) groups is 1. The summed E-state index contributed by atoms with van der Waals surface area (Å²) in [7, 11) is 5.40. The second kappa shape index (κ2) is 10.6. The van der Waals surface area contributed by atoms with Gasteiger partial charge in [0.25, 0.3) is 5.91 Å². The van der Waals surface area contributed by atoms with Crippen LogP contribution in [0, 0.1) is 0 Å². The van der Waals surface area contributed by atoms with E-state index in [-0.39, 0.29) is 36.7 Å². The van der Waals surface area contributed by atoms with E-state index in [0.717, 1.165) is 16.8 Å². The van der Waals surface area contributed by atoms with Crippen molar-refractivity contribution in [3.63, 3.8) is 0 Å². The molecular formula is C29H29N3O8. The molecule has 11 heteroatoms. The molecule has 0 unspecified atom stereocenters. The quantitative estimate of drug-likeness (QED) is 0.377. The normalized spacial score (nSPS) is 22.6. The molecule has 3 heterocycles. The molecule has 3 aliphatic rings. The third-order valence-corrected chi connectivity index (χ3v) is 7.68. The predicted octanol–water partition coefficient (Wildman–Crippen LogP) is 1.75. The van der Waals surface area contributed by atoms with E-state index >= 15 is 0 Å². The molecule has 11 nitrogen and oxygen atoms in total. The van der Waals surface area contributed by atoms with Gasteiger partial charge in [0.2, 0.25) is 0 Å². The number of methoxy groups -OCH3 is 3. The lowest BCUT2D eigenvalue weighted by Gasteiger charge is -2.39. The monoisotopic (exact) mass is 547 g/mol. The summed E-state index contributed by atoms with van der Waals surface area (Å²) in [6.07, 6.45) is 0.0594. The smallest absolute Gasteiger partial charge is 0.357 e. The van der Waals surface area contributed by atoms with Gasteiger partial charge < -0.3 is 23.8 Å². The first-order chi connectivity index (χ1) is 19.3. The summed E-state index contributed by atoms with van der Waals surface area (Å²) in [5, 5.41) is 0. The van der Waals surface area contributed by atoms with Gasteiger partial charge >= 0.3 is 17.9 Å². The lowest BCUT2D eigenvalue weighted by Crippen LogP contribution is -2.55. The van der Waals surface area contributed by atoms with Crippen molar-refractivity contribution in [2.45, 2.75) is 30.5 Å². The lowest BCUT2D eigenvalue weighted by atomic mass is 9.69. The van der Waals surface area contributed by atoms with Gasteiger partial charge in [0.15, 0.2) is 5.70 Å². The summed E-state index contributed by atoms with van der Waals surface area (Å²) >= 11 is 0. The van der Waals surface area contributed by atoms with Crippen LogP contribution in [0.5, 0.6) is 0 Å². The minimum Gasteiger partial charge on any atom is -0.467 e. The molecule has 1 spiro atoms. The first-order valence-electron chi connectivity index (χ1n) is 12.6. The van der Waals surface area contributed by atoms with Crippen LogP contribution in [0.15, 0.2) is 70.9 Å². The van der Waals surface area contributed by atoms with Gasteiger partial charge in [-0.15, -0.1) is 0 Å². The highest BCUT2D eigenvalue weighted by molar-refractivity contribution is 6.17. The van der Waals surface area contributed by atoms with Crippen molar-refractivity contribution in [1.29, 1.82) is 0 Å². The minimum atomic E-state index is -1.15. The van der Waals surface area contributed by atoms with Gasteiger partial charge in [-0.05, 0) is 23.6 Å². The fourth-order valence-electron chi connectivity index (χ4n) is 6.07. The molecule has 0 aromatic heterocycles. The number of ether oxygens (including phenoxy) is 4. The molecule has 2 aromatic rings. The average Bonchev–Trinajstić information content (AvgIpc) is 3.46. The standard InChI is InChI=1S/C29H29N3O8/c1-31-19-13-9-8-12-18(19)29-14-20(25(34)37-2)32(21(33)16-40-15-17-10-6-5-7-11-17)28(29)30-23(27(36)39-4)22(24(29)31)26(35)38-3/h5-13,20,24H,14-16H2,1-4H3/t20-,24-,29-/m0/s1. The third-order valence-electron chi connectivity index (χ3n) is 7.68. The molecule has 1 amide bonds. The van der Waals surface area contributed by atoms with Crippen LogP contribution in [-0.2, 0) is 50.1 Å². The summed E-state index contributed by atoms with van der Waals surface area (Å²) in [5.41, 5.74) is 0.915. The number of hydrogen-bond donors (Lipinski definition) is 0. The van der Waals surface area contributed by atoms with Crippen LogP contribution in [0.3, 0.4) is 0 Å². The van der Waals surface area contributed by atoms with Crippen molar-refractivity contribution in [3.05, 3.63) is 77.0 Å². The van der Waals surface area contributed by atoms with E-state index in [2.05, 4.69) is 4.99 Å². The number of likely N-dealkylation sites (tertiary alicyclic amines) is 1. The second-order valence-corrected chi connectivity index (χ2v) is 9.67. The number of amides is 1. The zero-order chi connectivity index (χ0) is 28.6. The van der Waals surface area contributed by atoms with Crippen molar-refractivity contribution in [1.82, 2.24) is 4.90 Å². The number of hydrogen-bond acceptors (Lipinski definition) is 10. The number of carbonyl (C=O) groups excluding carboxylic acids is 4. The molecule has 0 saturated carbocycles. The third kappa shape index (κ3) is 4.04. The largest absolute Gasteiger partial charge is 0.467 e. The van der Waals surface area contributed by atoms with E-state index in [1.807, 2.05) is 59.5 Å². The molecule has 0 radical (unpaired) electrons. The SMILES string of the molecule is COC(=O)C1=C(C(=O)OC)[C@@H]2N(C)c3ccccc3[C@@]23C[C@@H](C(=O)OC)N(C(=O)COCc2ccccc2)C3=N1. The first kappa shape index (κ1) is 27.1. The summed E-state index contributed by atoms with van der Waals surface area (Å²) in [6.45, 7) is -0.185. The average molecular weight is 548 g/mol. The number of amidine groups is 1. The van der Waals surface area contributed by atoms with Crippen molar-refractivity contribution in [3.8, 4) is 0 Å². The molecule has 0 aliphatic carbocycles. The Labute approximate surface area is 231 Å². The molecule has 2 aromatic carbocycles. The van der Waals surface area contributed by atoms with Crippen molar-refractivity contribution in [2.24, 2.45) is 4.99 Å². The number of fused-ring (bicyclic) bond motifs is 1. The van der Waals surface area contributed by atoms with E-state index < -0.39 is 41.3 Å². The summed E-state index contributed by atoms with van der Waals surface area (Å²) in [6, 6.07) is 14.8. The Hall–Kier alpha value is -4.51. The van der Waals surface area contributed by atoms with Crippen LogP contribution >= 0.6 is 0 Å². The number of rotatable bonds is 7. The first-order valence-corrected chi connectivity index (χ1v) is 12.6. The molecule has 0 bridgehead atoms. The Balaban J connectivity index is 1.67. The number of likely N-dealkylation sites (N-methyl/N-ethyl adjacent to an activating group) is 1. The van der Waals surface area contributed by atoms with E-state index in [1.165, 1.54) is 26.2 Å². The highest BCUT2D eigenvalue weighted by Crippen LogP contribution is 2.57. The van der Waals surface area contributed by atoms with E-state index in [4.69, 9.17) is 18.9 Å². The van der Waals surface area contributed by atoms with Crippen LogP contribution in [0.25, 0.3) is 0 Å². The molecule has 1 saturated heterocycles. The van der Waals surface area contributed by atoms with Crippen LogP contribution < -0.4 is 4.90 Å².